The van der Waals surface area contributed by atoms with Gasteiger partial charge in [-0.25, -0.2) is 9.78 Å². The fourth-order valence-electron chi connectivity index (χ4n) is 3.20. The predicted molar refractivity (Wildman–Crippen MR) is 106 cm³/mol. The van der Waals surface area contributed by atoms with E-state index in [1.165, 1.54) is 11.3 Å². The molecule has 1 aromatic heterocycles. The van der Waals surface area contributed by atoms with Gasteiger partial charge in [0.1, 0.15) is 12.6 Å². The molecule has 7 heteroatoms. The van der Waals surface area contributed by atoms with Gasteiger partial charge in [0, 0.05) is 24.7 Å². The fourth-order valence-corrected chi connectivity index (χ4v) is 3.86. The standard InChI is InChI=1S/C20H25N3O3S/c1-15(2)13-23(19-21-10-12-27-19)18(24)17-9-6-11-22(17)20(25)26-14-16-7-4-3-5-8-16/h3-5,7-8,10,12,15,17H,6,9,11,13-14H2,1-2H3. The molecule has 27 heavy (non-hydrogen) atoms. The summed E-state index contributed by atoms with van der Waals surface area (Å²) >= 11 is 1.44. The van der Waals surface area contributed by atoms with Gasteiger partial charge in [-0.1, -0.05) is 44.2 Å². The van der Waals surface area contributed by atoms with E-state index in [9.17, 15) is 9.59 Å². The largest absolute Gasteiger partial charge is 0.445 e. The first kappa shape index (κ1) is 19.4. The molecule has 2 amide bonds. The van der Waals surface area contributed by atoms with Crippen LogP contribution in [0, 0.1) is 5.92 Å². The van der Waals surface area contributed by atoms with Crippen LogP contribution in [0.3, 0.4) is 0 Å². The number of hydrogen-bond acceptors (Lipinski definition) is 5. The summed E-state index contributed by atoms with van der Waals surface area (Å²) in [7, 11) is 0. The number of carbonyl (C=O) groups excluding carboxylic acids is 2. The van der Waals surface area contributed by atoms with Gasteiger partial charge in [0.15, 0.2) is 5.13 Å². The van der Waals surface area contributed by atoms with E-state index in [0.717, 1.165) is 12.0 Å². The highest BCUT2D eigenvalue weighted by Crippen LogP contribution is 2.26. The second kappa shape index (κ2) is 8.99. The summed E-state index contributed by atoms with van der Waals surface area (Å²) in [6, 6.07) is 9.06. The Balaban J connectivity index is 1.68. The van der Waals surface area contributed by atoms with E-state index in [4.69, 9.17) is 4.74 Å². The average molecular weight is 388 g/mol. The maximum Gasteiger partial charge on any atom is 0.410 e. The molecular weight excluding hydrogens is 362 g/mol. The monoisotopic (exact) mass is 387 g/mol. The Morgan fingerprint density at radius 1 is 1.33 bits per heavy atom. The van der Waals surface area contributed by atoms with Crippen LogP contribution in [-0.2, 0) is 16.1 Å². The third-order valence-corrected chi connectivity index (χ3v) is 5.24. The number of anilines is 1. The first-order valence-electron chi connectivity index (χ1n) is 9.24. The lowest BCUT2D eigenvalue weighted by molar-refractivity contribution is -0.122. The number of likely N-dealkylation sites (tertiary alicyclic amines) is 1. The molecule has 0 spiro atoms. The van der Waals surface area contributed by atoms with Crippen molar-refractivity contribution >= 4 is 28.5 Å². The zero-order valence-corrected chi connectivity index (χ0v) is 16.5. The van der Waals surface area contributed by atoms with E-state index in [-0.39, 0.29) is 12.5 Å². The minimum absolute atomic E-state index is 0.0761. The van der Waals surface area contributed by atoms with Crippen molar-refractivity contribution in [3.63, 3.8) is 0 Å². The number of benzene rings is 1. The smallest absolute Gasteiger partial charge is 0.410 e. The molecule has 0 aliphatic carbocycles. The van der Waals surface area contributed by atoms with Crippen molar-refractivity contribution in [2.24, 2.45) is 5.92 Å². The quantitative estimate of drug-likeness (QED) is 0.753. The van der Waals surface area contributed by atoms with Crippen molar-refractivity contribution < 1.29 is 14.3 Å². The molecule has 3 rings (SSSR count). The molecular formula is C20H25N3O3S. The lowest BCUT2D eigenvalue weighted by atomic mass is 10.1. The summed E-state index contributed by atoms with van der Waals surface area (Å²) in [6.45, 7) is 5.45. The zero-order chi connectivity index (χ0) is 19.2. The van der Waals surface area contributed by atoms with Crippen LogP contribution in [0.4, 0.5) is 9.93 Å². The van der Waals surface area contributed by atoms with E-state index in [1.807, 2.05) is 35.7 Å². The van der Waals surface area contributed by atoms with Gasteiger partial charge in [-0.05, 0) is 24.3 Å². The van der Waals surface area contributed by atoms with E-state index in [2.05, 4.69) is 18.8 Å². The van der Waals surface area contributed by atoms with Gasteiger partial charge < -0.3 is 4.74 Å². The molecule has 2 aromatic rings. The second-order valence-corrected chi connectivity index (χ2v) is 7.92. The van der Waals surface area contributed by atoms with Crippen molar-refractivity contribution in [1.29, 1.82) is 0 Å². The maximum atomic E-state index is 13.2. The predicted octanol–water partition coefficient (Wildman–Crippen LogP) is 3.93. The zero-order valence-electron chi connectivity index (χ0n) is 15.7. The van der Waals surface area contributed by atoms with Crippen LogP contribution in [0.15, 0.2) is 41.9 Å². The van der Waals surface area contributed by atoms with E-state index < -0.39 is 12.1 Å². The Morgan fingerprint density at radius 2 is 2.11 bits per heavy atom. The maximum absolute atomic E-state index is 13.2. The third kappa shape index (κ3) is 4.86. The van der Waals surface area contributed by atoms with Gasteiger partial charge in [0.25, 0.3) is 5.91 Å². The number of aromatic nitrogens is 1. The Kier molecular flexibility index (Phi) is 6.45. The molecule has 1 aromatic carbocycles. The highest BCUT2D eigenvalue weighted by molar-refractivity contribution is 7.13. The normalized spacial score (nSPS) is 16.6. The Hall–Kier alpha value is -2.41. The number of hydrogen-bond donors (Lipinski definition) is 0. The van der Waals surface area contributed by atoms with Crippen molar-refractivity contribution in [2.75, 3.05) is 18.0 Å². The van der Waals surface area contributed by atoms with Crippen LogP contribution >= 0.6 is 11.3 Å². The topological polar surface area (TPSA) is 62.7 Å². The average Bonchev–Trinajstić information content (AvgIpc) is 3.36. The van der Waals surface area contributed by atoms with Gasteiger partial charge in [-0.3, -0.25) is 14.6 Å². The molecule has 0 N–H and O–H groups in total. The summed E-state index contributed by atoms with van der Waals surface area (Å²) in [4.78, 5) is 33.4. The summed E-state index contributed by atoms with van der Waals surface area (Å²) in [5.74, 6) is 0.227. The molecule has 1 fully saturated rings. The van der Waals surface area contributed by atoms with Gasteiger partial charge in [0.2, 0.25) is 0 Å². The lowest BCUT2D eigenvalue weighted by Crippen LogP contribution is -2.49. The molecule has 1 aliphatic heterocycles. The molecule has 1 unspecified atom stereocenters. The molecule has 144 valence electrons. The number of carbonyl (C=O) groups is 2. The van der Waals surface area contributed by atoms with Crippen LogP contribution in [0.5, 0.6) is 0 Å². The first-order chi connectivity index (χ1) is 13.1. The van der Waals surface area contributed by atoms with Gasteiger partial charge in [-0.2, -0.15) is 0 Å². The Labute approximate surface area is 163 Å². The Bertz CT molecular complexity index is 749. The summed E-state index contributed by atoms with van der Waals surface area (Å²) in [5, 5.41) is 2.54. The number of amides is 2. The Morgan fingerprint density at radius 3 is 2.78 bits per heavy atom. The minimum Gasteiger partial charge on any atom is -0.445 e. The van der Waals surface area contributed by atoms with Crippen LogP contribution in [0.1, 0.15) is 32.3 Å². The van der Waals surface area contributed by atoms with E-state index in [0.29, 0.717) is 30.6 Å². The van der Waals surface area contributed by atoms with Gasteiger partial charge in [-0.15, -0.1) is 11.3 Å². The van der Waals surface area contributed by atoms with Crippen molar-refractivity contribution in [2.45, 2.75) is 39.3 Å². The molecule has 1 atom stereocenters. The molecule has 1 aliphatic rings. The lowest BCUT2D eigenvalue weighted by Gasteiger charge is -2.29. The molecule has 0 saturated carbocycles. The fraction of sp³-hybridized carbons (Fsp3) is 0.450. The molecule has 6 nitrogen and oxygen atoms in total. The van der Waals surface area contributed by atoms with Crippen LogP contribution in [0.2, 0.25) is 0 Å². The highest BCUT2D eigenvalue weighted by atomic mass is 32.1. The molecule has 0 radical (unpaired) electrons. The van der Waals surface area contributed by atoms with E-state index >= 15 is 0 Å². The van der Waals surface area contributed by atoms with Crippen molar-refractivity contribution in [3.8, 4) is 0 Å². The van der Waals surface area contributed by atoms with Crippen LogP contribution < -0.4 is 4.90 Å². The SMILES string of the molecule is CC(C)CN(C(=O)C1CCCN1C(=O)OCc1ccccc1)c1nccs1. The molecule has 2 heterocycles. The number of nitrogens with zero attached hydrogens (tertiary/aromatic N) is 3. The third-order valence-electron chi connectivity index (χ3n) is 4.44. The number of rotatable bonds is 6. The number of ether oxygens (including phenoxy) is 1. The first-order valence-corrected chi connectivity index (χ1v) is 10.1. The summed E-state index contributed by atoms with van der Waals surface area (Å²) < 4.78 is 5.45. The van der Waals surface area contributed by atoms with E-state index in [1.54, 1.807) is 16.0 Å². The second-order valence-electron chi connectivity index (χ2n) is 7.05. The highest BCUT2D eigenvalue weighted by Gasteiger charge is 2.38. The summed E-state index contributed by atoms with van der Waals surface area (Å²) in [5.41, 5.74) is 0.928. The number of thiazole rings is 1. The van der Waals surface area contributed by atoms with Crippen molar-refractivity contribution in [1.82, 2.24) is 9.88 Å². The van der Waals surface area contributed by atoms with Gasteiger partial charge >= 0.3 is 6.09 Å². The summed E-state index contributed by atoms with van der Waals surface area (Å²) in [6.07, 6.45) is 2.71. The minimum atomic E-state index is -0.490. The molecule has 1 saturated heterocycles. The van der Waals surface area contributed by atoms with Crippen LogP contribution in [0.25, 0.3) is 0 Å². The van der Waals surface area contributed by atoms with Crippen LogP contribution in [-0.4, -0.2) is 41.0 Å². The molecule has 0 bridgehead atoms. The van der Waals surface area contributed by atoms with Crippen molar-refractivity contribution in [3.05, 3.63) is 47.5 Å². The van der Waals surface area contributed by atoms with Gasteiger partial charge in [0.05, 0.1) is 0 Å².